The van der Waals surface area contributed by atoms with Gasteiger partial charge in [-0.1, -0.05) is 6.07 Å². The van der Waals surface area contributed by atoms with Crippen LogP contribution in [0, 0.1) is 20.8 Å². The largest absolute Gasteiger partial charge is 0.507 e. The van der Waals surface area contributed by atoms with Gasteiger partial charge in [0, 0.05) is 0 Å². The van der Waals surface area contributed by atoms with Crippen molar-refractivity contribution >= 4 is 23.5 Å². The Morgan fingerprint density at radius 1 is 1.17 bits per heavy atom. The maximum absolute atomic E-state index is 12.6. The molecule has 0 spiro atoms. The van der Waals surface area contributed by atoms with Gasteiger partial charge in [0.1, 0.15) is 15.6 Å². The second kappa shape index (κ2) is 8.96. The number of benzene rings is 2. The molecule has 2 N–H and O–H groups in total. The number of phenolic OH excluding ortho intramolecular Hbond substituents is 1. The van der Waals surface area contributed by atoms with E-state index in [0.717, 1.165) is 22.3 Å². The van der Waals surface area contributed by atoms with Crippen molar-refractivity contribution in [3.05, 3.63) is 57.6 Å². The summed E-state index contributed by atoms with van der Waals surface area (Å²) < 4.78 is 10.8. The minimum absolute atomic E-state index is 0.261. The molecule has 156 valence electrons. The number of hydrogen-bond donors (Lipinski definition) is 2. The molecular formula is C22H23N3O4S. The summed E-state index contributed by atoms with van der Waals surface area (Å²) >= 11 is 1.26. The molecule has 8 heteroatoms. The van der Waals surface area contributed by atoms with E-state index in [1.54, 1.807) is 45.6 Å². The summed E-state index contributed by atoms with van der Waals surface area (Å²) in [4.78, 5) is 17.6. The number of amides is 1. The van der Waals surface area contributed by atoms with Crippen LogP contribution in [0.2, 0.25) is 0 Å². The Morgan fingerprint density at radius 3 is 2.50 bits per heavy atom. The van der Waals surface area contributed by atoms with Crippen molar-refractivity contribution in [1.29, 1.82) is 0 Å². The van der Waals surface area contributed by atoms with Crippen LogP contribution >= 0.6 is 11.3 Å². The Bertz CT molecular complexity index is 1100. The first-order valence-electron chi connectivity index (χ1n) is 9.18. The lowest BCUT2D eigenvalue weighted by Gasteiger charge is -2.10. The predicted molar refractivity (Wildman–Crippen MR) is 118 cm³/mol. The van der Waals surface area contributed by atoms with Crippen molar-refractivity contribution in [3.8, 4) is 27.8 Å². The molecule has 30 heavy (non-hydrogen) atoms. The molecule has 0 aliphatic carbocycles. The number of carbonyl (C=O) groups excluding carboxylic acids is 1. The number of aryl methyl sites for hydroxylation is 3. The average molecular weight is 426 g/mol. The van der Waals surface area contributed by atoms with Gasteiger partial charge in [0.15, 0.2) is 11.5 Å². The van der Waals surface area contributed by atoms with Gasteiger partial charge in [0.2, 0.25) is 0 Å². The summed E-state index contributed by atoms with van der Waals surface area (Å²) in [6, 6.07) is 9.11. The number of nitrogens with zero attached hydrogens (tertiary/aromatic N) is 2. The van der Waals surface area contributed by atoms with Crippen molar-refractivity contribution in [2.24, 2.45) is 5.10 Å². The van der Waals surface area contributed by atoms with Crippen molar-refractivity contribution in [3.63, 3.8) is 0 Å². The summed E-state index contributed by atoms with van der Waals surface area (Å²) in [5.74, 6) is 1.08. The zero-order valence-corrected chi connectivity index (χ0v) is 18.3. The fourth-order valence-electron chi connectivity index (χ4n) is 3.06. The minimum atomic E-state index is -0.346. The van der Waals surface area contributed by atoms with Crippen LogP contribution in [0.5, 0.6) is 17.2 Å². The number of ether oxygens (including phenoxy) is 2. The van der Waals surface area contributed by atoms with Gasteiger partial charge in [-0.15, -0.1) is 11.3 Å². The normalized spacial score (nSPS) is 11.0. The molecular weight excluding hydrogens is 402 g/mol. The first-order valence-corrected chi connectivity index (χ1v) is 9.99. The van der Waals surface area contributed by atoms with E-state index in [2.05, 4.69) is 15.5 Å². The van der Waals surface area contributed by atoms with Gasteiger partial charge in [0.25, 0.3) is 5.91 Å². The van der Waals surface area contributed by atoms with Crippen LogP contribution in [0.25, 0.3) is 10.6 Å². The Hall–Kier alpha value is -3.39. The third kappa shape index (κ3) is 4.28. The van der Waals surface area contributed by atoms with Crippen molar-refractivity contribution in [1.82, 2.24) is 10.4 Å². The van der Waals surface area contributed by atoms with Crippen LogP contribution in [0.4, 0.5) is 0 Å². The van der Waals surface area contributed by atoms with Crippen LogP contribution in [-0.4, -0.2) is 36.4 Å². The summed E-state index contributed by atoms with van der Waals surface area (Å²) in [6.07, 6.45) is 1.54. The lowest BCUT2D eigenvalue weighted by atomic mass is 10.1. The van der Waals surface area contributed by atoms with Crippen LogP contribution in [0.1, 0.15) is 32.1 Å². The molecule has 0 aliphatic rings. The smallest absolute Gasteiger partial charge is 0.283 e. The van der Waals surface area contributed by atoms with Gasteiger partial charge in [-0.3, -0.25) is 4.79 Å². The number of aromatic hydroxyl groups is 1. The fraction of sp³-hybridized carbons (Fsp3) is 0.227. The van der Waals surface area contributed by atoms with E-state index in [-0.39, 0.29) is 11.7 Å². The molecule has 7 nitrogen and oxygen atoms in total. The zero-order chi connectivity index (χ0) is 21.8. The Morgan fingerprint density at radius 2 is 1.87 bits per heavy atom. The Balaban J connectivity index is 1.81. The molecule has 2 aromatic carbocycles. The molecule has 0 aliphatic heterocycles. The van der Waals surface area contributed by atoms with Crippen LogP contribution < -0.4 is 14.9 Å². The van der Waals surface area contributed by atoms with Gasteiger partial charge in [-0.25, -0.2) is 10.4 Å². The molecule has 0 atom stereocenters. The third-order valence-corrected chi connectivity index (χ3v) is 5.72. The van der Waals surface area contributed by atoms with Gasteiger partial charge >= 0.3 is 0 Å². The van der Waals surface area contributed by atoms with E-state index in [1.165, 1.54) is 11.3 Å². The first-order chi connectivity index (χ1) is 14.3. The lowest BCUT2D eigenvalue weighted by Crippen LogP contribution is -2.17. The summed E-state index contributed by atoms with van der Waals surface area (Å²) in [5.41, 5.74) is 6.17. The highest BCUT2D eigenvalue weighted by Gasteiger charge is 2.19. The number of carbonyl (C=O) groups is 1. The van der Waals surface area contributed by atoms with Crippen LogP contribution in [0.3, 0.4) is 0 Å². The molecule has 0 radical (unpaired) electrons. The molecule has 0 saturated heterocycles. The highest BCUT2D eigenvalue weighted by Crippen LogP contribution is 2.40. The summed E-state index contributed by atoms with van der Waals surface area (Å²) in [7, 11) is 3.14. The maximum atomic E-state index is 12.6. The number of phenols is 1. The molecule has 3 rings (SSSR count). The van der Waals surface area contributed by atoms with Gasteiger partial charge < -0.3 is 14.6 Å². The maximum Gasteiger partial charge on any atom is 0.283 e. The van der Waals surface area contributed by atoms with E-state index >= 15 is 0 Å². The number of aromatic nitrogens is 1. The van der Waals surface area contributed by atoms with Gasteiger partial charge in [-0.2, -0.15) is 5.10 Å². The number of nitrogens with one attached hydrogen (secondary N) is 1. The Labute approximate surface area is 179 Å². The van der Waals surface area contributed by atoms with Gasteiger partial charge in [-0.05, 0) is 61.7 Å². The van der Waals surface area contributed by atoms with E-state index in [9.17, 15) is 9.90 Å². The Kier molecular flexibility index (Phi) is 6.37. The van der Waals surface area contributed by atoms with E-state index in [4.69, 9.17) is 9.47 Å². The van der Waals surface area contributed by atoms with Crippen molar-refractivity contribution in [2.75, 3.05) is 14.2 Å². The molecule has 0 unspecified atom stereocenters. The average Bonchev–Trinajstić information content (AvgIpc) is 3.12. The number of hydrazone groups is 1. The zero-order valence-electron chi connectivity index (χ0n) is 17.4. The third-order valence-electron chi connectivity index (χ3n) is 4.53. The molecule has 1 heterocycles. The van der Waals surface area contributed by atoms with Crippen molar-refractivity contribution < 1.29 is 19.4 Å². The van der Waals surface area contributed by atoms with E-state index < -0.39 is 0 Å². The molecule has 1 amide bonds. The number of para-hydroxylation sites is 1. The molecule has 1 aromatic heterocycles. The predicted octanol–water partition coefficient (Wildman–Crippen LogP) is 4.22. The summed E-state index contributed by atoms with van der Waals surface area (Å²) in [6.45, 7) is 5.40. The minimum Gasteiger partial charge on any atom is -0.507 e. The second-order valence-electron chi connectivity index (χ2n) is 6.68. The SMILES string of the molecule is COc1cccc(-c2nc(C)c(C(=O)N/N=C/c3cc(C)c(O)c(C)c3)s2)c1OC. The second-order valence-corrected chi connectivity index (χ2v) is 7.68. The van der Waals surface area contributed by atoms with Crippen molar-refractivity contribution in [2.45, 2.75) is 20.8 Å². The number of hydrogen-bond acceptors (Lipinski definition) is 7. The fourth-order valence-corrected chi connectivity index (χ4v) is 4.04. The number of thiazole rings is 1. The molecule has 0 bridgehead atoms. The van der Waals surface area contributed by atoms with E-state index in [1.807, 2.05) is 26.0 Å². The van der Waals surface area contributed by atoms with E-state index in [0.29, 0.717) is 27.1 Å². The lowest BCUT2D eigenvalue weighted by molar-refractivity contribution is 0.0958. The highest BCUT2D eigenvalue weighted by atomic mass is 32.1. The molecule has 3 aromatic rings. The standard InChI is InChI=1S/C22H23N3O4S/c1-12-9-15(10-13(2)18(12)26)11-23-25-21(27)20-14(3)24-22(30-20)16-7-6-8-17(28-4)19(16)29-5/h6-11,26H,1-5H3,(H,25,27)/b23-11+. The molecule has 0 saturated carbocycles. The summed E-state index contributed by atoms with van der Waals surface area (Å²) in [5, 5.41) is 14.6. The topological polar surface area (TPSA) is 93.0 Å². The van der Waals surface area contributed by atoms with Crippen LogP contribution in [0.15, 0.2) is 35.4 Å². The number of methoxy groups -OCH3 is 2. The quantitative estimate of drug-likeness (QED) is 0.456. The van der Waals surface area contributed by atoms with Crippen LogP contribution in [-0.2, 0) is 0 Å². The van der Waals surface area contributed by atoms with Gasteiger partial charge in [0.05, 0.1) is 31.7 Å². The monoisotopic (exact) mass is 425 g/mol. The molecule has 0 fully saturated rings. The highest BCUT2D eigenvalue weighted by molar-refractivity contribution is 7.17. The first kappa shape index (κ1) is 21.3. The number of rotatable bonds is 6.